The topological polar surface area (TPSA) is 38.7 Å². The van der Waals surface area contributed by atoms with Gasteiger partial charge in [0.1, 0.15) is 6.61 Å². The molecular weight excluding hydrogens is 311 g/mol. The molecule has 0 aliphatic heterocycles. The maximum Gasteiger partial charge on any atom is 0.161 e. The smallest absolute Gasteiger partial charge is 0.161 e. The first kappa shape index (κ1) is 16.0. The predicted molar refractivity (Wildman–Crippen MR) is 84.4 cm³/mol. The van der Waals surface area contributed by atoms with Gasteiger partial charge in [-0.15, -0.1) is 0 Å². The molecule has 2 rings (SSSR count). The van der Waals surface area contributed by atoms with Gasteiger partial charge in [0.15, 0.2) is 11.5 Å². The Balaban J connectivity index is 2.18. The number of aliphatic hydroxyl groups excluding tert-OH is 1. The summed E-state index contributed by atoms with van der Waals surface area (Å²) in [6.07, 6.45) is -0.560. The Labute approximate surface area is 134 Å². The molecule has 112 valence electrons. The van der Waals surface area contributed by atoms with Gasteiger partial charge in [-0.05, 0) is 42.8 Å². The van der Waals surface area contributed by atoms with Crippen LogP contribution in [0.5, 0.6) is 11.5 Å². The van der Waals surface area contributed by atoms with E-state index < -0.39 is 6.10 Å². The molecule has 21 heavy (non-hydrogen) atoms. The second-order valence-electron chi connectivity index (χ2n) is 4.61. The first-order chi connectivity index (χ1) is 10.0. The average Bonchev–Trinajstić information content (AvgIpc) is 2.47. The van der Waals surface area contributed by atoms with Crippen LogP contribution in [0.2, 0.25) is 10.0 Å². The Kier molecular flexibility index (Phi) is 5.34. The van der Waals surface area contributed by atoms with E-state index in [0.29, 0.717) is 21.5 Å². The molecule has 1 atom stereocenters. The molecule has 0 saturated heterocycles. The van der Waals surface area contributed by atoms with E-state index in [-0.39, 0.29) is 6.61 Å². The molecular formula is C16H16Cl2O3. The number of methoxy groups -OCH3 is 1. The van der Waals surface area contributed by atoms with Crippen LogP contribution in [0.1, 0.15) is 24.2 Å². The van der Waals surface area contributed by atoms with E-state index in [2.05, 4.69) is 0 Å². The van der Waals surface area contributed by atoms with Crippen molar-refractivity contribution in [3.63, 3.8) is 0 Å². The van der Waals surface area contributed by atoms with E-state index in [0.717, 1.165) is 11.1 Å². The lowest BCUT2D eigenvalue weighted by atomic mass is 10.1. The Morgan fingerprint density at radius 3 is 2.52 bits per heavy atom. The van der Waals surface area contributed by atoms with Crippen LogP contribution in [0.25, 0.3) is 0 Å². The van der Waals surface area contributed by atoms with E-state index in [1.165, 1.54) is 0 Å². The van der Waals surface area contributed by atoms with Crippen LogP contribution in [0.3, 0.4) is 0 Å². The van der Waals surface area contributed by atoms with Crippen molar-refractivity contribution in [2.24, 2.45) is 0 Å². The summed E-state index contributed by atoms with van der Waals surface area (Å²) in [5.74, 6) is 1.14. The molecule has 0 saturated carbocycles. The normalized spacial score (nSPS) is 12.0. The lowest BCUT2D eigenvalue weighted by molar-refractivity contribution is 0.198. The van der Waals surface area contributed by atoms with Crippen LogP contribution >= 0.6 is 23.2 Å². The largest absolute Gasteiger partial charge is 0.493 e. The Morgan fingerprint density at radius 2 is 1.86 bits per heavy atom. The predicted octanol–water partition coefficient (Wildman–Crippen LogP) is 4.63. The molecule has 0 amide bonds. The third-order valence-electron chi connectivity index (χ3n) is 3.06. The number of benzene rings is 2. The lowest BCUT2D eigenvalue weighted by Crippen LogP contribution is -2.00. The minimum atomic E-state index is -0.560. The SMILES string of the molecule is COc1cc(C(C)O)ccc1OCc1cc(Cl)ccc1Cl. The van der Waals surface area contributed by atoms with E-state index >= 15 is 0 Å². The van der Waals surface area contributed by atoms with Gasteiger partial charge < -0.3 is 14.6 Å². The zero-order valence-electron chi connectivity index (χ0n) is 11.8. The summed E-state index contributed by atoms with van der Waals surface area (Å²) in [5.41, 5.74) is 1.56. The van der Waals surface area contributed by atoms with Gasteiger partial charge in [0.05, 0.1) is 13.2 Å². The molecule has 5 heteroatoms. The third kappa shape index (κ3) is 4.03. The molecule has 2 aromatic carbocycles. The minimum Gasteiger partial charge on any atom is -0.493 e. The molecule has 1 N–H and O–H groups in total. The first-order valence-electron chi connectivity index (χ1n) is 6.44. The quantitative estimate of drug-likeness (QED) is 0.870. The highest BCUT2D eigenvalue weighted by Crippen LogP contribution is 2.31. The van der Waals surface area contributed by atoms with Gasteiger partial charge in [-0.3, -0.25) is 0 Å². The number of rotatable bonds is 5. The third-order valence-corrected chi connectivity index (χ3v) is 3.66. The molecule has 3 nitrogen and oxygen atoms in total. The number of aliphatic hydroxyl groups is 1. The van der Waals surface area contributed by atoms with Gasteiger partial charge in [-0.2, -0.15) is 0 Å². The zero-order valence-corrected chi connectivity index (χ0v) is 13.3. The molecule has 1 unspecified atom stereocenters. The van der Waals surface area contributed by atoms with Crippen LogP contribution < -0.4 is 9.47 Å². The van der Waals surface area contributed by atoms with Crippen LogP contribution in [0, 0.1) is 0 Å². The van der Waals surface area contributed by atoms with Gasteiger partial charge >= 0.3 is 0 Å². The molecule has 0 spiro atoms. The highest BCUT2D eigenvalue weighted by Gasteiger charge is 2.10. The standard InChI is InChI=1S/C16H16Cl2O3/c1-10(19)11-3-6-15(16(8-11)20-2)21-9-12-7-13(17)4-5-14(12)18/h3-8,10,19H,9H2,1-2H3. The molecule has 2 aromatic rings. The summed E-state index contributed by atoms with van der Waals surface area (Å²) < 4.78 is 11.0. The van der Waals surface area contributed by atoms with Crippen molar-refractivity contribution < 1.29 is 14.6 Å². The number of hydrogen-bond donors (Lipinski definition) is 1. The summed E-state index contributed by atoms with van der Waals surface area (Å²) in [5, 5.41) is 10.8. The summed E-state index contributed by atoms with van der Waals surface area (Å²) >= 11 is 12.0. The van der Waals surface area contributed by atoms with Crippen molar-refractivity contribution in [2.45, 2.75) is 19.6 Å². The molecule has 0 aliphatic rings. The second kappa shape index (κ2) is 7.03. The Bertz CT molecular complexity index is 627. The van der Waals surface area contributed by atoms with Gasteiger partial charge in [0, 0.05) is 15.6 Å². The van der Waals surface area contributed by atoms with Crippen LogP contribution in [-0.2, 0) is 6.61 Å². The Hall–Kier alpha value is -1.42. The summed E-state index contributed by atoms with van der Waals surface area (Å²) in [6.45, 7) is 1.98. The van der Waals surface area contributed by atoms with Crippen molar-refractivity contribution in [3.8, 4) is 11.5 Å². The van der Waals surface area contributed by atoms with E-state index in [9.17, 15) is 5.11 Å². The summed E-state index contributed by atoms with van der Waals surface area (Å²) in [7, 11) is 1.56. The van der Waals surface area contributed by atoms with Crippen molar-refractivity contribution in [1.29, 1.82) is 0 Å². The van der Waals surface area contributed by atoms with Crippen molar-refractivity contribution in [3.05, 3.63) is 57.6 Å². The summed E-state index contributed by atoms with van der Waals surface area (Å²) in [4.78, 5) is 0. The van der Waals surface area contributed by atoms with E-state index in [1.54, 1.807) is 50.4 Å². The number of halogens is 2. The fourth-order valence-electron chi connectivity index (χ4n) is 1.87. The maximum absolute atomic E-state index is 9.58. The highest BCUT2D eigenvalue weighted by atomic mass is 35.5. The fraction of sp³-hybridized carbons (Fsp3) is 0.250. The number of ether oxygens (including phenoxy) is 2. The summed E-state index contributed by atoms with van der Waals surface area (Å²) in [6, 6.07) is 10.5. The van der Waals surface area contributed by atoms with Crippen molar-refractivity contribution >= 4 is 23.2 Å². The molecule has 0 radical (unpaired) electrons. The Morgan fingerprint density at radius 1 is 1.10 bits per heavy atom. The van der Waals surface area contributed by atoms with Gasteiger partial charge in [0.25, 0.3) is 0 Å². The fourth-order valence-corrected chi connectivity index (χ4v) is 2.24. The zero-order chi connectivity index (χ0) is 15.4. The molecule has 0 heterocycles. The van der Waals surface area contributed by atoms with Gasteiger partial charge in [-0.25, -0.2) is 0 Å². The van der Waals surface area contributed by atoms with Crippen molar-refractivity contribution in [1.82, 2.24) is 0 Å². The maximum atomic E-state index is 9.58. The van der Waals surface area contributed by atoms with Crippen LogP contribution in [0.15, 0.2) is 36.4 Å². The van der Waals surface area contributed by atoms with Gasteiger partial charge in [-0.1, -0.05) is 29.3 Å². The monoisotopic (exact) mass is 326 g/mol. The second-order valence-corrected chi connectivity index (χ2v) is 5.45. The molecule has 0 aromatic heterocycles. The average molecular weight is 327 g/mol. The lowest BCUT2D eigenvalue weighted by Gasteiger charge is -2.14. The molecule has 0 aliphatic carbocycles. The minimum absolute atomic E-state index is 0.282. The van der Waals surface area contributed by atoms with Gasteiger partial charge in [0.2, 0.25) is 0 Å². The van der Waals surface area contributed by atoms with E-state index in [4.69, 9.17) is 32.7 Å². The van der Waals surface area contributed by atoms with Crippen LogP contribution in [0.4, 0.5) is 0 Å². The first-order valence-corrected chi connectivity index (χ1v) is 7.19. The van der Waals surface area contributed by atoms with E-state index in [1.807, 2.05) is 0 Å². The molecule has 0 fully saturated rings. The van der Waals surface area contributed by atoms with Crippen LogP contribution in [-0.4, -0.2) is 12.2 Å². The van der Waals surface area contributed by atoms with Crippen molar-refractivity contribution in [2.75, 3.05) is 7.11 Å². The number of hydrogen-bond acceptors (Lipinski definition) is 3. The molecule has 0 bridgehead atoms. The highest BCUT2D eigenvalue weighted by molar-refractivity contribution is 6.33.